The zero-order chi connectivity index (χ0) is 14.7. The van der Waals surface area contributed by atoms with Crippen LogP contribution in [0.4, 0.5) is 5.82 Å². The van der Waals surface area contributed by atoms with Crippen molar-refractivity contribution in [2.45, 2.75) is 12.5 Å². The van der Waals surface area contributed by atoms with Gasteiger partial charge in [0.15, 0.2) is 11.7 Å². The van der Waals surface area contributed by atoms with E-state index in [0.29, 0.717) is 17.4 Å². The first-order valence-corrected chi connectivity index (χ1v) is 7.16. The first-order valence-electron chi connectivity index (χ1n) is 7.16. The van der Waals surface area contributed by atoms with E-state index in [2.05, 4.69) is 25.2 Å². The summed E-state index contributed by atoms with van der Waals surface area (Å²) in [6.07, 6.45) is 2.62. The van der Waals surface area contributed by atoms with Crippen LogP contribution in [-0.2, 0) is 4.74 Å². The highest BCUT2D eigenvalue weighted by molar-refractivity contribution is 6.01. The molecule has 1 atom stereocenters. The van der Waals surface area contributed by atoms with Gasteiger partial charge in [-0.15, -0.1) is 5.10 Å². The second-order valence-electron chi connectivity index (χ2n) is 5.29. The summed E-state index contributed by atoms with van der Waals surface area (Å²) in [4.78, 5) is 4.61. The van der Waals surface area contributed by atoms with Gasteiger partial charge >= 0.3 is 0 Å². The average Bonchev–Trinajstić information content (AvgIpc) is 3.05. The first kappa shape index (κ1) is 14.0. The maximum absolute atomic E-state index is 8.89. The molecule has 0 bridgehead atoms. The third-order valence-electron chi connectivity index (χ3n) is 4.11. The summed E-state index contributed by atoms with van der Waals surface area (Å²) in [5, 5.41) is 20.1. The second-order valence-corrected chi connectivity index (χ2v) is 5.29. The number of ether oxygens (including phenoxy) is 1. The standard InChI is InChI=1S/C13H20N6O2/c14-12(17-20)11-1-3-15-16-13(11)19-4-2-10(9-19)18-5-7-21-8-6-18/h1,3,10,20H,2,4-9H2,(H2,14,17). The number of hydrogen-bond acceptors (Lipinski definition) is 7. The van der Waals surface area contributed by atoms with Gasteiger partial charge in [0.1, 0.15) is 0 Å². The van der Waals surface area contributed by atoms with Crippen molar-refractivity contribution >= 4 is 11.7 Å². The molecule has 8 heteroatoms. The minimum atomic E-state index is 0.0646. The number of nitrogens with zero attached hydrogens (tertiary/aromatic N) is 5. The van der Waals surface area contributed by atoms with Crippen LogP contribution >= 0.6 is 0 Å². The first-order chi connectivity index (χ1) is 10.3. The fourth-order valence-corrected chi connectivity index (χ4v) is 2.99. The van der Waals surface area contributed by atoms with Crippen LogP contribution in [0.2, 0.25) is 0 Å². The number of morpholine rings is 1. The van der Waals surface area contributed by atoms with Crippen LogP contribution < -0.4 is 10.6 Å². The quantitative estimate of drug-likeness (QED) is 0.335. The van der Waals surface area contributed by atoms with Gasteiger partial charge in [-0.05, 0) is 12.5 Å². The summed E-state index contributed by atoms with van der Waals surface area (Å²) in [6.45, 7) is 5.34. The lowest BCUT2D eigenvalue weighted by Gasteiger charge is -2.32. The van der Waals surface area contributed by atoms with Crippen LogP contribution in [0, 0.1) is 0 Å². The third kappa shape index (κ3) is 2.91. The van der Waals surface area contributed by atoms with Crippen LogP contribution in [-0.4, -0.2) is 71.6 Å². The van der Waals surface area contributed by atoms with E-state index in [9.17, 15) is 0 Å². The summed E-state index contributed by atoms with van der Waals surface area (Å²) >= 11 is 0. The van der Waals surface area contributed by atoms with Crippen LogP contribution in [0.1, 0.15) is 12.0 Å². The normalized spacial score (nSPS) is 24.5. The summed E-state index contributed by atoms with van der Waals surface area (Å²) in [7, 11) is 0. The molecule has 114 valence electrons. The Kier molecular flexibility index (Phi) is 4.16. The van der Waals surface area contributed by atoms with E-state index in [1.54, 1.807) is 12.3 Å². The molecular weight excluding hydrogens is 272 g/mol. The zero-order valence-electron chi connectivity index (χ0n) is 11.9. The van der Waals surface area contributed by atoms with Crippen molar-refractivity contribution in [2.75, 3.05) is 44.3 Å². The van der Waals surface area contributed by atoms with Gasteiger partial charge in [0.05, 0.1) is 25.0 Å². The molecule has 0 amide bonds. The molecule has 1 unspecified atom stereocenters. The van der Waals surface area contributed by atoms with Gasteiger partial charge in [-0.25, -0.2) is 0 Å². The van der Waals surface area contributed by atoms with Crippen LogP contribution in [0.25, 0.3) is 0 Å². The van der Waals surface area contributed by atoms with Gasteiger partial charge in [0.25, 0.3) is 0 Å². The minimum absolute atomic E-state index is 0.0646. The monoisotopic (exact) mass is 292 g/mol. The second kappa shape index (κ2) is 6.23. The highest BCUT2D eigenvalue weighted by Crippen LogP contribution is 2.24. The van der Waals surface area contributed by atoms with Crippen molar-refractivity contribution < 1.29 is 9.94 Å². The van der Waals surface area contributed by atoms with Crippen molar-refractivity contribution in [3.63, 3.8) is 0 Å². The summed E-state index contributed by atoms with van der Waals surface area (Å²) < 4.78 is 5.40. The molecule has 1 aromatic heterocycles. The third-order valence-corrected chi connectivity index (χ3v) is 4.11. The molecule has 3 rings (SSSR count). The molecule has 1 aromatic rings. The molecule has 21 heavy (non-hydrogen) atoms. The minimum Gasteiger partial charge on any atom is -0.409 e. The van der Waals surface area contributed by atoms with Gasteiger partial charge < -0.3 is 20.6 Å². The molecule has 2 saturated heterocycles. The van der Waals surface area contributed by atoms with Crippen molar-refractivity contribution in [1.82, 2.24) is 15.1 Å². The molecular formula is C13H20N6O2. The van der Waals surface area contributed by atoms with E-state index in [1.165, 1.54) is 0 Å². The van der Waals surface area contributed by atoms with Crippen molar-refractivity contribution in [3.8, 4) is 0 Å². The van der Waals surface area contributed by atoms with Gasteiger partial charge in [-0.3, -0.25) is 4.90 Å². The summed E-state index contributed by atoms with van der Waals surface area (Å²) in [5.41, 5.74) is 6.34. The Labute approximate surface area is 123 Å². The summed E-state index contributed by atoms with van der Waals surface area (Å²) in [6, 6.07) is 2.22. The number of hydrogen-bond donors (Lipinski definition) is 2. The number of amidine groups is 1. The lowest BCUT2D eigenvalue weighted by atomic mass is 10.2. The molecule has 0 spiro atoms. The molecule has 3 heterocycles. The Balaban J connectivity index is 1.74. The lowest BCUT2D eigenvalue weighted by Crippen LogP contribution is -2.44. The largest absolute Gasteiger partial charge is 0.409 e. The Morgan fingerprint density at radius 1 is 1.38 bits per heavy atom. The van der Waals surface area contributed by atoms with Crippen molar-refractivity contribution in [3.05, 3.63) is 17.8 Å². The van der Waals surface area contributed by atoms with E-state index >= 15 is 0 Å². The molecule has 2 aliphatic heterocycles. The molecule has 8 nitrogen and oxygen atoms in total. The van der Waals surface area contributed by atoms with E-state index in [-0.39, 0.29) is 5.84 Å². The molecule has 0 saturated carbocycles. The molecule has 3 N–H and O–H groups in total. The molecule has 0 radical (unpaired) electrons. The van der Waals surface area contributed by atoms with Crippen LogP contribution in [0.5, 0.6) is 0 Å². The lowest BCUT2D eigenvalue weighted by molar-refractivity contribution is 0.0209. The number of oxime groups is 1. The maximum atomic E-state index is 8.89. The van der Waals surface area contributed by atoms with E-state index in [4.69, 9.17) is 15.7 Å². The topological polar surface area (TPSA) is 100 Å². The highest BCUT2D eigenvalue weighted by Gasteiger charge is 2.30. The van der Waals surface area contributed by atoms with E-state index in [1.807, 2.05) is 0 Å². The van der Waals surface area contributed by atoms with Gasteiger partial charge in [-0.1, -0.05) is 5.16 Å². The van der Waals surface area contributed by atoms with Crippen LogP contribution in [0.15, 0.2) is 17.4 Å². The Hall–Kier alpha value is -1.93. The van der Waals surface area contributed by atoms with Crippen molar-refractivity contribution in [1.29, 1.82) is 0 Å². The molecule has 2 fully saturated rings. The highest BCUT2D eigenvalue weighted by atomic mass is 16.5. The number of aromatic nitrogens is 2. The molecule has 0 aromatic carbocycles. The maximum Gasteiger partial charge on any atom is 0.173 e. The van der Waals surface area contributed by atoms with Gasteiger partial charge in [-0.2, -0.15) is 5.10 Å². The smallest absolute Gasteiger partial charge is 0.173 e. The average molecular weight is 292 g/mol. The molecule has 0 aliphatic carbocycles. The number of nitrogens with two attached hydrogens (primary N) is 1. The van der Waals surface area contributed by atoms with E-state index in [0.717, 1.165) is 45.8 Å². The van der Waals surface area contributed by atoms with Crippen molar-refractivity contribution in [2.24, 2.45) is 10.9 Å². The van der Waals surface area contributed by atoms with Gasteiger partial charge in [0.2, 0.25) is 0 Å². The number of rotatable bonds is 3. The molecule has 2 aliphatic rings. The fraction of sp³-hybridized carbons (Fsp3) is 0.615. The predicted octanol–water partition coefficient (Wildman–Crippen LogP) is -0.518. The van der Waals surface area contributed by atoms with Crippen LogP contribution in [0.3, 0.4) is 0 Å². The predicted molar refractivity (Wildman–Crippen MR) is 77.6 cm³/mol. The van der Waals surface area contributed by atoms with Gasteiger partial charge in [0, 0.05) is 32.2 Å². The Bertz CT molecular complexity index is 517. The van der Waals surface area contributed by atoms with E-state index < -0.39 is 0 Å². The Morgan fingerprint density at radius 3 is 2.95 bits per heavy atom. The SMILES string of the molecule is N/C(=N/O)c1ccnnc1N1CCC(N2CCOCC2)C1. The summed E-state index contributed by atoms with van der Waals surface area (Å²) in [5.74, 6) is 0.748. The Morgan fingerprint density at radius 2 is 2.19 bits per heavy atom. The zero-order valence-corrected chi connectivity index (χ0v) is 11.9. The fourth-order valence-electron chi connectivity index (χ4n) is 2.99. The number of anilines is 1.